The van der Waals surface area contributed by atoms with Crippen LogP contribution in [0.15, 0.2) is 48.5 Å². The summed E-state index contributed by atoms with van der Waals surface area (Å²) in [5.74, 6) is 0.130. The highest BCUT2D eigenvalue weighted by atomic mass is 35.5. The van der Waals surface area contributed by atoms with Crippen LogP contribution in [0, 0.1) is 5.82 Å². The number of alkyl halides is 1. The molecule has 26 heavy (non-hydrogen) atoms. The number of halogens is 2. The molecule has 0 amide bonds. The van der Waals surface area contributed by atoms with Gasteiger partial charge >= 0.3 is 0 Å². The molecule has 0 bridgehead atoms. The molecule has 0 unspecified atom stereocenters. The number of H-pyrrole nitrogens is 1. The molecule has 0 atom stereocenters. The van der Waals surface area contributed by atoms with Crippen molar-refractivity contribution >= 4 is 28.9 Å². The van der Waals surface area contributed by atoms with Crippen LogP contribution in [0.2, 0.25) is 0 Å². The normalized spacial score (nSPS) is 10.7. The zero-order valence-corrected chi connectivity index (χ0v) is 14.7. The third-order valence-electron chi connectivity index (χ3n) is 3.90. The molecule has 2 aromatic carbocycles. The van der Waals surface area contributed by atoms with Crippen LogP contribution in [-0.2, 0) is 0 Å². The maximum Gasteiger partial charge on any atom is 0.199 e. The molecular formula is C19H18ClFN4O. The number of anilines is 2. The molecule has 0 saturated carbocycles. The van der Waals surface area contributed by atoms with Gasteiger partial charge in [0.25, 0.3) is 0 Å². The Morgan fingerprint density at radius 3 is 2.73 bits per heavy atom. The molecule has 3 rings (SSSR count). The summed E-state index contributed by atoms with van der Waals surface area (Å²) < 4.78 is 13.2. The number of hydrogen-bond donors (Lipinski definition) is 3. The molecule has 0 aliphatic heterocycles. The van der Waals surface area contributed by atoms with Gasteiger partial charge in [-0.1, -0.05) is 12.1 Å². The fourth-order valence-corrected chi connectivity index (χ4v) is 2.75. The number of nitrogens with two attached hydrogens (primary N) is 1. The van der Waals surface area contributed by atoms with Crippen molar-refractivity contribution in [3.63, 3.8) is 0 Å². The largest absolute Gasteiger partial charge is 0.385 e. The number of nitrogens with zero attached hydrogens (tertiary/aromatic N) is 1. The number of aromatic amines is 1. The molecule has 0 spiro atoms. The summed E-state index contributed by atoms with van der Waals surface area (Å²) in [4.78, 5) is 13.0. The highest BCUT2D eigenvalue weighted by molar-refractivity contribution is 6.17. The monoisotopic (exact) mass is 372 g/mol. The number of benzene rings is 2. The summed E-state index contributed by atoms with van der Waals surface area (Å²) in [5.41, 5.74) is 8.53. The zero-order valence-electron chi connectivity index (χ0n) is 13.9. The molecule has 0 saturated heterocycles. The Balaban J connectivity index is 1.92. The second kappa shape index (κ2) is 8.01. The van der Waals surface area contributed by atoms with Crippen molar-refractivity contribution in [3.05, 3.63) is 65.5 Å². The van der Waals surface area contributed by atoms with Crippen LogP contribution in [0.25, 0.3) is 11.3 Å². The number of aromatic nitrogens is 2. The van der Waals surface area contributed by atoms with Crippen LogP contribution in [0.3, 0.4) is 0 Å². The predicted octanol–water partition coefficient (Wildman–Crippen LogP) is 4.07. The van der Waals surface area contributed by atoms with Gasteiger partial charge in [0.05, 0.1) is 5.56 Å². The van der Waals surface area contributed by atoms with Crippen LogP contribution in [0.4, 0.5) is 15.9 Å². The Hall–Kier alpha value is -2.86. The van der Waals surface area contributed by atoms with Gasteiger partial charge in [-0.3, -0.25) is 9.89 Å². The Labute approximate surface area is 155 Å². The number of hydrogen-bond acceptors (Lipinski definition) is 4. The fourth-order valence-electron chi connectivity index (χ4n) is 2.62. The van der Waals surface area contributed by atoms with Gasteiger partial charge in [-0.05, 0) is 42.8 Å². The molecule has 0 radical (unpaired) electrons. The standard InChI is InChI=1S/C19H18ClFN4O/c20-9-2-10-23-15-4-1-3-13(11-15)18(26)16-17(24-25-19(16)22)12-5-7-14(21)8-6-12/h1,3-8,11,23H,2,9-10H2,(H3,22,24,25). The van der Waals surface area contributed by atoms with E-state index in [-0.39, 0.29) is 23.0 Å². The van der Waals surface area contributed by atoms with E-state index in [4.69, 9.17) is 17.3 Å². The minimum atomic E-state index is -0.360. The van der Waals surface area contributed by atoms with Crippen molar-refractivity contribution in [2.45, 2.75) is 6.42 Å². The Kier molecular flexibility index (Phi) is 5.53. The summed E-state index contributed by atoms with van der Waals surface area (Å²) >= 11 is 5.68. The van der Waals surface area contributed by atoms with E-state index in [9.17, 15) is 9.18 Å². The topological polar surface area (TPSA) is 83.8 Å². The van der Waals surface area contributed by atoms with E-state index in [0.29, 0.717) is 22.7 Å². The summed E-state index contributed by atoms with van der Waals surface area (Å²) in [6.45, 7) is 0.718. The molecule has 0 aliphatic carbocycles. The van der Waals surface area contributed by atoms with E-state index in [1.165, 1.54) is 12.1 Å². The third-order valence-corrected chi connectivity index (χ3v) is 4.17. The lowest BCUT2D eigenvalue weighted by molar-refractivity contribution is 0.104. The van der Waals surface area contributed by atoms with Gasteiger partial charge in [-0.15, -0.1) is 11.6 Å². The molecule has 7 heteroatoms. The van der Waals surface area contributed by atoms with Crippen LogP contribution < -0.4 is 11.1 Å². The van der Waals surface area contributed by atoms with E-state index in [0.717, 1.165) is 18.7 Å². The number of carbonyl (C=O) groups excluding carboxylic acids is 1. The fraction of sp³-hybridized carbons (Fsp3) is 0.158. The first-order valence-electron chi connectivity index (χ1n) is 8.14. The number of nitrogens with one attached hydrogen (secondary N) is 2. The molecule has 0 fully saturated rings. The van der Waals surface area contributed by atoms with E-state index >= 15 is 0 Å². The zero-order chi connectivity index (χ0) is 18.5. The van der Waals surface area contributed by atoms with E-state index in [1.807, 2.05) is 6.07 Å². The molecule has 134 valence electrons. The Morgan fingerprint density at radius 1 is 1.23 bits per heavy atom. The van der Waals surface area contributed by atoms with Crippen molar-refractivity contribution < 1.29 is 9.18 Å². The smallest absolute Gasteiger partial charge is 0.199 e. The summed E-state index contributed by atoms with van der Waals surface area (Å²) in [5, 5.41) is 9.98. The second-order valence-corrected chi connectivity index (χ2v) is 6.12. The third kappa shape index (κ3) is 3.86. The summed E-state index contributed by atoms with van der Waals surface area (Å²) in [7, 11) is 0. The van der Waals surface area contributed by atoms with Gasteiger partial charge < -0.3 is 11.1 Å². The highest BCUT2D eigenvalue weighted by Crippen LogP contribution is 2.28. The first-order valence-corrected chi connectivity index (χ1v) is 8.68. The molecule has 5 nitrogen and oxygen atoms in total. The lowest BCUT2D eigenvalue weighted by Crippen LogP contribution is -2.07. The van der Waals surface area contributed by atoms with Crippen molar-refractivity contribution in [2.75, 3.05) is 23.5 Å². The quantitative estimate of drug-likeness (QED) is 0.331. The van der Waals surface area contributed by atoms with E-state index < -0.39 is 0 Å². The maximum absolute atomic E-state index is 13.2. The minimum Gasteiger partial charge on any atom is -0.385 e. The van der Waals surface area contributed by atoms with Crippen LogP contribution >= 0.6 is 11.6 Å². The molecule has 1 aromatic heterocycles. The number of ketones is 1. The van der Waals surface area contributed by atoms with Crippen LogP contribution in [0.1, 0.15) is 22.3 Å². The SMILES string of the molecule is Nc1[nH]nc(-c2ccc(F)cc2)c1C(=O)c1cccc(NCCCCl)c1. The Bertz CT molecular complexity index is 908. The lowest BCUT2D eigenvalue weighted by atomic mass is 9.99. The van der Waals surface area contributed by atoms with Crippen LogP contribution in [0.5, 0.6) is 0 Å². The van der Waals surface area contributed by atoms with Gasteiger partial charge in [0.2, 0.25) is 0 Å². The molecule has 1 heterocycles. The molecule has 3 aromatic rings. The predicted molar refractivity (Wildman–Crippen MR) is 102 cm³/mol. The van der Waals surface area contributed by atoms with Gasteiger partial charge in [0.1, 0.15) is 17.3 Å². The van der Waals surface area contributed by atoms with Crippen molar-refractivity contribution in [3.8, 4) is 11.3 Å². The summed E-state index contributed by atoms with van der Waals surface area (Å²) in [6, 6.07) is 12.9. The first-order chi connectivity index (χ1) is 12.6. The van der Waals surface area contributed by atoms with Gasteiger partial charge in [0.15, 0.2) is 5.78 Å². The number of carbonyl (C=O) groups is 1. The van der Waals surface area contributed by atoms with E-state index in [1.54, 1.807) is 30.3 Å². The van der Waals surface area contributed by atoms with Gasteiger partial charge in [-0.25, -0.2) is 4.39 Å². The maximum atomic E-state index is 13.2. The van der Waals surface area contributed by atoms with Crippen LogP contribution in [-0.4, -0.2) is 28.4 Å². The first kappa shape index (κ1) is 17.9. The molecular weight excluding hydrogens is 355 g/mol. The number of rotatable bonds is 7. The van der Waals surface area contributed by atoms with Crippen molar-refractivity contribution in [1.82, 2.24) is 10.2 Å². The van der Waals surface area contributed by atoms with Crippen molar-refractivity contribution in [1.29, 1.82) is 0 Å². The van der Waals surface area contributed by atoms with E-state index in [2.05, 4.69) is 15.5 Å². The lowest BCUT2D eigenvalue weighted by Gasteiger charge is -2.08. The average Bonchev–Trinajstić information content (AvgIpc) is 3.04. The molecule has 4 N–H and O–H groups in total. The molecule has 0 aliphatic rings. The second-order valence-electron chi connectivity index (χ2n) is 5.75. The highest BCUT2D eigenvalue weighted by Gasteiger charge is 2.21. The average molecular weight is 373 g/mol. The van der Waals surface area contributed by atoms with Gasteiger partial charge in [-0.2, -0.15) is 5.10 Å². The Morgan fingerprint density at radius 2 is 2.00 bits per heavy atom. The number of nitrogen functional groups attached to an aromatic ring is 1. The van der Waals surface area contributed by atoms with Gasteiger partial charge in [0, 0.05) is 29.2 Å². The minimum absolute atomic E-state index is 0.176. The van der Waals surface area contributed by atoms with Crippen molar-refractivity contribution in [2.24, 2.45) is 0 Å². The summed E-state index contributed by atoms with van der Waals surface area (Å²) in [6.07, 6.45) is 0.823.